The molecule has 4 rings (SSSR count). The summed E-state index contributed by atoms with van der Waals surface area (Å²) in [5, 5.41) is 4.25. The molecule has 0 atom stereocenters. The van der Waals surface area contributed by atoms with Crippen LogP contribution >= 0.6 is 11.3 Å². The molecule has 0 amide bonds. The van der Waals surface area contributed by atoms with E-state index in [2.05, 4.69) is 43.0 Å². The van der Waals surface area contributed by atoms with E-state index in [0.717, 1.165) is 5.56 Å². The van der Waals surface area contributed by atoms with Crippen molar-refractivity contribution >= 4 is 22.4 Å². The van der Waals surface area contributed by atoms with Gasteiger partial charge < -0.3 is 4.42 Å². The SMILES string of the molecule is CC(C)(C)c1ccc(C=c2sc3nc(-c4ccco4)nn3c2=O)cc1. The van der Waals surface area contributed by atoms with E-state index in [9.17, 15) is 4.79 Å². The summed E-state index contributed by atoms with van der Waals surface area (Å²) in [6.45, 7) is 6.54. The normalized spacial score (nSPS) is 13.0. The Balaban J connectivity index is 1.74. The zero-order valence-electron chi connectivity index (χ0n) is 14.2. The lowest BCUT2D eigenvalue weighted by Crippen LogP contribution is -2.23. The minimum atomic E-state index is -0.162. The van der Waals surface area contributed by atoms with Gasteiger partial charge in [0.2, 0.25) is 10.8 Å². The van der Waals surface area contributed by atoms with Gasteiger partial charge in [0.05, 0.1) is 10.8 Å². The Kier molecular flexibility index (Phi) is 3.58. The smallest absolute Gasteiger partial charge is 0.291 e. The summed E-state index contributed by atoms with van der Waals surface area (Å²) in [6, 6.07) is 11.8. The van der Waals surface area contributed by atoms with Crippen LogP contribution in [0.4, 0.5) is 0 Å². The quantitative estimate of drug-likeness (QED) is 0.556. The van der Waals surface area contributed by atoms with Gasteiger partial charge in [0.1, 0.15) is 0 Å². The number of rotatable bonds is 2. The van der Waals surface area contributed by atoms with Crippen molar-refractivity contribution < 1.29 is 4.42 Å². The summed E-state index contributed by atoms with van der Waals surface area (Å²) in [5.74, 6) is 0.980. The third kappa shape index (κ3) is 2.89. The van der Waals surface area contributed by atoms with Gasteiger partial charge in [-0.2, -0.15) is 9.50 Å². The topological polar surface area (TPSA) is 60.4 Å². The number of hydrogen-bond donors (Lipinski definition) is 0. The molecule has 3 heterocycles. The van der Waals surface area contributed by atoms with Gasteiger partial charge >= 0.3 is 0 Å². The first-order chi connectivity index (χ1) is 11.9. The molecule has 0 bridgehead atoms. The average Bonchev–Trinajstić information content (AvgIpc) is 3.26. The van der Waals surface area contributed by atoms with Crippen molar-refractivity contribution in [2.45, 2.75) is 26.2 Å². The molecule has 0 N–H and O–H groups in total. The number of nitrogens with zero attached hydrogens (tertiary/aromatic N) is 3. The standard InChI is InChI=1S/C19H17N3O2S/c1-19(2,3)13-8-6-12(7-9-13)11-15-17(23)22-18(25-15)20-16(21-22)14-5-4-10-24-14/h4-11H,1-3H3. The predicted molar refractivity (Wildman–Crippen MR) is 98.8 cm³/mol. The van der Waals surface area contributed by atoms with Crippen LogP contribution in [0.25, 0.3) is 22.6 Å². The van der Waals surface area contributed by atoms with E-state index >= 15 is 0 Å². The Morgan fingerprint density at radius 1 is 1.16 bits per heavy atom. The lowest BCUT2D eigenvalue weighted by molar-refractivity contribution is 0.577. The first kappa shape index (κ1) is 15.8. The first-order valence-corrected chi connectivity index (χ1v) is 8.79. The fourth-order valence-electron chi connectivity index (χ4n) is 2.57. The summed E-state index contributed by atoms with van der Waals surface area (Å²) in [4.78, 5) is 17.5. The molecule has 0 fully saturated rings. The lowest BCUT2D eigenvalue weighted by atomic mass is 9.87. The molecule has 25 heavy (non-hydrogen) atoms. The molecule has 0 saturated heterocycles. The van der Waals surface area contributed by atoms with Crippen molar-refractivity contribution in [2.75, 3.05) is 0 Å². The molecule has 126 valence electrons. The van der Waals surface area contributed by atoms with Crippen LogP contribution in [0.15, 0.2) is 51.9 Å². The second kappa shape index (κ2) is 5.67. The number of thiazole rings is 1. The molecule has 0 unspecified atom stereocenters. The van der Waals surface area contributed by atoms with Crippen LogP contribution in [-0.4, -0.2) is 14.6 Å². The van der Waals surface area contributed by atoms with Crippen LogP contribution in [0.2, 0.25) is 0 Å². The number of furan rings is 1. The fraction of sp³-hybridized carbons (Fsp3) is 0.211. The molecular formula is C19H17N3O2S. The van der Waals surface area contributed by atoms with Gasteiger partial charge in [-0.1, -0.05) is 56.4 Å². The molecule has 3 aromatic heterocycles. The van der Waals surface area contributed by atoms with Gasteiger partial charge in [0.15, 0.2) is 5.76 Å². The van der Waals surface area contributed by atoms with Gasteiger partial charge in [-0.15, -0.1) is 5.10 Å². The van der Waals surface area contributed by atoms with E-state index in [1.165, 1.54) is 21.4 Å². The van der Waals surface area contributed by atoms with Crippen molar-refractivity contribution in [3.63, 3.8) is 0 Å². The molecule has 0 aliphatic carbocycles. The molecule has 0 radical (unpaired) electrons. The van der Waals surface area contributed by atoms with Crippen molar-refractivity contribution in [1.82, 2.24) is 14.6 Å². The van der Waals surface area contributed by atoms with E-state index in [1.54, 1.807) is 18.4 Å². The van der Waals surface area contributed by atoms with Crippen LogP contribution in [0.5, 0.6) is 0 Å². The largest absolute Gasteiger partial charge is 0.461 e. The van der Waals surface area contributed by atoms with Gasteiger partial charge in [-0.05, 0) is 34.8 Å². The minimum absolute atomic E-state index is 0.109. The molecule has 0 aliphatic heterocycles. The van der Waals surface area contributed by atoms with E-state index in [0.29, 0.717) is 21.1 Å². The highest BCUT2D eigenvalue weighted by molar-refractivity contribution is 7.15. The Labute approximate surface area is 148 Å². The fourth-order valence-corrected chi connectivity index (χ4v) is 3.48. The Morgan fingerprint density at radius 3 is 2.52 bits per heavy atom. The van der Waals surface area contributed by atoms with Gasteiger partial charge in [0, 0.05) is 0 Å². The Hall–Kier alpha value is -2.73. The zero-order chi connectivity index (χ0) is 17.6. The molecular weight excluding hydrogens is 334 g/mol. The predicted octanol–water partition coefficient (Wildman–Crippen LogP) is 3.26. The molecule has 0 aliphatic rings. The summed E-state index contributed by atoms with van der Waals surface area (Å²) < 4.78 is 7.23. The minimum Gasteiger partial charge on any atom is -0.461 e. The van der Waals surface area contributed by atoms with Crippen molar-refractivity contribution in [2.24, 2.45) is 0 Å². The highest BCUT2D eigenvalue weighted by Gasteiger charge is 2.14. The summed E-state index contributed by atoms with van der Waals surface area (Å²) in [6.07, 6.45) is 3.44. The summed E-state index contributed by atoms with van der Waals surface area (Å²) in [5.41, 5.74) is 2.20. The second-order valence-electron chi connectivity index (χ2n) is 6.89. The first-order valence-electron chi connectivity index (χ1n) is 7.97. The third-order valence-electron chi connectivity index (χ3n) is 4.00. The third-order valence-corrected chi connectivity index (χ3v) is 4.96. The summed E-state index contributed by atoms with van der Waals surface area (Å²) >= 11 is 1.33. The molecule has 6 heteroatoms. The van der Waals surface area contributed by atoms with Crippen LogP contribution < -0.4 is 10.1 Å². The van der Waals surface area contributed by atoms with E-state index in [1.807, 2.05) is 18.2 Å². The summed E-state index contributed by atoms with van der Waals surface area (Å²) in [7, 11) is 0. The maximum atomic E-state index is 12.6. The second-order valence-corrected chi connectivity index (χ2v) is 7.90. The van der Waals surface area contributed by atoms with Crippen LogP contribution in [0.1, 0.15) is 31.9 Å². The highest BCUT2D eigenvalue weighted by atomic mass is 32.1. The van der Waals surface area contributed by atoms with Crippen molar-refractivity contribution in [3.05, 3.63) is 68.7 Å². The van der Waals surface area contributed by atoms with Crippen LogP contribution in [-0.2, 0) is 5.41 Å². The number of aromatic nitrogens is 3. The Bertz CT molecular complexity index is 1130. The molecule has 5 nitrogen and oxygen atoms in total. The van der Waals surface area contributed by atoms with Crippen LogP contribution in [0, 0.1) is 0 Å². The monoisotopic (exact) mass is 351 g/mol. The average molecular weight is 351 g/mol. The Morgan fingerprint density at radius 2 is 1.92 bits per heavy atom. The van der Waals surface area contributed by atoms with E-state index in [4.69, 9.17) is 4.42 Å². The van der Waals surface area contributed by atoms with Crippen LogP contribution in [0.3, 0.4) is 0 Å². The zero-order valence-corrected chi connectivity index (χ0v) is 15.0. The lowest BCUT2D eigenvalue weighted by Gasteiger charge is -2.18. The molecule has 4 aromatic rings. The molecule has 0 saturated carbocycles. The van der Waals surface area contributed by atoms with E-state index in [-0.39, 0.29) is 11.0 Å². The number of benzene rings is 1. The molecule has 1 aromatic carbocycles. The number of hydrogen-bond acceptors (Lipinski definition) is 5. The molecule has 0 spiro atoms. The van der Waals surface area contributed by atoms with Gasteiger partial charge in [-0.25, -0.2) is 0 Å². The maximum absolute atomic E-state index is 12.6. The van der Waals surface area contributed by atoms with Gasteiger partial charge in [-0.3, -0.25) is 4.79 Å². The van der Waals surface area contributed by atoms with Gasteiger partial charge in [0.25, 0.3) is 5.56 Å². The highest BCUT2D eigenvalue weighted by Crippen LogP contribution is 2.22. The van der Waals surface area contributed by atoms with E-state index < -0.39 is 0 Å². The van der Waals surface area contributed by atoms with Crippen molar-refractivity contribution in [1.29, 1.82) is 0 Å². The number of fused-ring (bicyclic) bond motifs is 1. The van der Waals surface area contributed by atoms with Crippen molar-refractivity contribution in [3.8, 4) is 11.6 Å². The maximum Gasteiger partial charge on any atom is 0.291 e.